The third kappa shape index (κ3) is 6.19. The lowest BCUT2D eigenvalue weighted by Gasteiger charge is -2.15. The summed E-state index contributed by atoms with van der Waals surface area (Å²) in [5.41, 5.74) is 2.63. The first-order chi connectivity index (χ1) is 19.4. The summed E-state index contributed by atoms with van der Waals surface area (Å²) in [7, 11) is 0. The van der Waals surface area contributed by atoms with E-state index in [-0.39, 0.29) is 29.7 Å². The van der Waals surface area contributed by atoms with Crippen LogP contribution in [0.1, 0.15) is 21.5 Å². The highest BCUT2D eigenvalue weighted by atomic mass is 35.5. The molecule has 9 heteroatoms. The lowest BCUT2D eigenvalue weighted by molar-refractivity contribution is 0.0951. The maximum atomic E-state index is 13.7. The highest BCUT2D eigenvalue weighted by molar-refractivity contribution is 6.32. The van der Waals surface area contributed by atoms with E-state index in [4.69, 9.17) is 16.3 Å². The van der Waals surface area contributed by atoms with Gasteiger partial charge in [-0.25, -0.2) is 4.39 Å². The molecule has 0 spiro atoms. The van der Waals surface area contributed by atoms with Crippen molar-refractivity contribution in [2.45, 2.75) is 13.5 Å². The molecule has 0 aliphatic carbocycles. The molecule has 0 aliphatic heterocycles. The highest BCUT2D eigenvalue weighted by Gasteiger charge is 2.17. The minimum absolute atomic E-state index is 0.111. The molecule has 40 heavy (non-hydrogen) atoms. The van der Waals surface area contributed by atoms with Crippen molar-refractivity contribution < 1.29 is 13.9 Å². The van der Waals surface area contributed by atoms with Crippen LogP contribution < -0.4 is 20.9 Å². The number of amides is 1. The molecule has 0 saturated heterocycles. The number of halogens is 2. The maximum Gasteiger partial charge on any atom is 0.299 e. The van der Waals surface area contributed by atoms with Gasteiger partial charge in [-0.3, -0.25) is 9.59 Å². The Morgan fingerprint density at radius 2 is 1.75 bits per heavy atom. The number of nitrogens with one attached hydrogen (secondary N) is 2. The molecule has 0 unspecified atom stereocenters. The third-order valence-electron chi connectivity index (χ3n) is 6.00. The van der Waals surface area contributed by atoms with E-state index in [9.17, 15) is 14.0 Å². The van der Waals surface area contributed by atoms with Crippen molar-refractivity contribution in [3.8, 4) is 17.2 Å². The van der Waals surface area contributed by atoms with Crippen LogP contribution in [0.2, 0.25) is 5.02 Å². The summed E-state index contributed by atoms with van der Waals surface area (Å²) in [6.07, 6.45) is 1.44. The fraction of sp³-hybridized carbons (Fsp3) is 0.0645. The molecule has 1 amide bonds. The van der Waals surface area contributed by atoms with Crippen LogP contribution in [0.4, 0.5) is 15.8 Å². The lowest BCUT2D eigenvalue weighted by atomic mass is 10.1. The average Bonchev–Trinajstić information content (AvgIpc) is 2.95. The maximum absolute atomic E-state index is 13.7. The van der Waals surface area contributed by atoms with E-state index < -0.39 is 5.56 Å². The standard InChI is InChI=1S/C31H24ClFN4O3/c1-20-6-4-9-25(16-20)40-28-19-35-37(27-11-3-2-10-26(27)32)31(39)29(28)36-24-8-5-7-22(17-24)30(38)34-18-21-12-14-23(33)15-13-21/h2-17,19,36H,18H2,1H3,(H,34,38). The van der Waals surface area contributed by atoms with Crippen molar-refractivity contribution in [2.75, 3.05) is 5.32 Å². The molecule has 0 atom stereocenters. The Kier molecular flexibility index (Phi) is 7.89. The summed E-state index contributed by atoms with van der Waals surface area (Å²) in [6.45, 7) is 2.17. The number of nitrogens with zero attached hydrogens (tertiary/aromatic N) is 2. The summed E-state index contributed by atoms with van der Waals surface area (Å²) in [5.74, 6) is 0.0652. The first-order valence-corrected chi connectivity index (χ1v) is 12.8. The third-order valence-corrected chi connectivity index (χ3v) is 6.32. The lowest BCUT2D eigenvalue weighted by Crippen LogP contribution is -2.24. The van der Waals surface area contributed by atoms with E-state index in [1.54, 1.807) is 66.7 Å². The summed E-state index contributed by atoms with van der Waals surface area (Å²) in [6, 6.07) is 26.9. The number of rotatable bonds is 8. The number of carbonyl (C=O) groups is 1. The van der Waals surface area contributed by atoms with Crippen molar-refractivity contribution in [3.05, 3.63) is 141 Å². The molecule has 2 N–H and O–H groups in total. The second kappa shape index (κ2) is 11.8. The number of anilines is 2. The van der Waals surface area contributed by atoms with Crippen molar-refractivity contribution in [2.24, 2.45) is 0 Å². The summed E-state index contributed by atoms with van der Waals surface area (Å²) >= 11 is 6.35. The van der Waals surface area contributed by atoms with Gasteiger partial charge in [-0.1, -0.05) is 54.1 Å². The van der Waals surface area contributed by atoms with Crippen molar-refractivity contribution in [1.29, 1.82) is 0 Å². The van der Waals surface area contributed by atoms with E-state index in [1.807, 2.05) is 25.1 Å². The van der Waals surface area contributed by atoms with Gasteiger partial charge < -0.3 is 15.4 Å². The Hall–Kier alpha value is -4.95. The molecule has 1 heterocycles. The minimum atomic E-state index is -0.496. The Balaban J connectivity index is 1.46. The molecule has 4 aromatic carbocycles. The number of hydrogen-bond donors (Lipinski definition) is 2. The van der Waals surface area contributed by atoms with Gasteiger partial charge in [-0.2, -0.15) is 9.78 Å². The van der Waals surface area contributed by atoms with Crippen molar-refractivity contribution in [3.63, 3.8) is 0 Å². The van der Waals surface area contributed by atoms with Crippen molar-refractivity contribution >= 4 is 28.9 Å². The second-order valence-corrected chi connectivity index (χ2v) is 9.39. The molecule has 200 valence electrons. The van der Waals surface area contributed by atoms with Gasteiger partial charge in [-0.15, -0.1) is 0 Å². The quantitative estimate of drug-likeness (QED) is 0.220. The van der Waals surface area contributed by atoms with Crippen LogP contribution >= 0.6 is 11.6 Å². The molecule has 5 aromatic rings. The Morgan fingerprint density at radius 1 is 0.975 bits per heavy atom. The normalized spacial score (nSPS) is 10.7. The SMILES string of the molecule is Cc1cccc(Oc2cnn(-c3ccccc3Cl)c(=O)c2Nc2cccc(C(=O)NCc3ccc(F)cc3)c2)c1. The van der Waals surface area contributed by atoms with Gasteiger partial charge in [0, 0.05) is 17.8 Å². The van der Waals surface area contributed by atoms with Gasteiger partial charge in [0.1, 0.15) is 11.6 Å². The zero-order chi connectivity index (χ0) is 28.1. The summed E-state index contributed by atoms with van der Waals surface area (Å²) < 4.78 is 20.4. The molecular formula is C31H24ClFN4O3. The average molecular weight is 555 g/mol. The van der Waals surface area contributed by atoms with Crippen LogP contribution in [0.3, 0.4) is 0 Å². The molecule has 0 aliphatic rings. The number of hydrogen-bond acceptors (Lipinski definition) is 5. The highest BCUT2D eigenvalue weighted by Crippen LogP contribution is 2.30. The number of benzene rings is 4. The second-order valence-electron chi connectivity index (χ2n) is 8.99. The summed E-state index contributed by atoms with van der Waals surface area (Å²) in [5, 5.41) is 10.6. The number of aromatic nitrogens is 2. The van der Waals surface area contributed by atoms with Crippen LogP contribution in [0.5, 0.6) is 11.5 Å². The van der Waals surface area contributed by atoms with Crippen molar-refractivity contribution in [1.82, 2.24) is 15.1 Å². The molecule has 5 rings (SSSR count). The largest absolute Gasteiger partial charge is 0.453 e. The first kappa shape index (κ1) is 26.6. The monoisotopic (exact) mass is 554 g/mol. The molecule has 7 nitrogen and oxygen atoms in total. The molecule has 1 aromatic heterocycles. The van der Waals surface area contributed by atoms with E-state index in [0.717, 1.165) is 11.1 Å². The predicted octanol–water partition coefficient (Wildman–Crippen LogP) is 6.80. The van der Waals surface area contributed by atoms with Crippen LogP contribution in [0.25, 0.3) is 5.69 Å². The van der Waals surface area contributed by atoms with E-state index in [0.29, 0.717) is 27.7 Å². The van der Waals surface area contributed by atoms with Gasteiger partial charge >= 0.3 is 0 Å². The van der Waals surface area contributed by atoms with E-state index in [2.05, 4.69) is 15.7 Å². The Bertz CT molecular complexity index is 1740. The van der Waals surface area contributed by atoms with Gasteiger partial charge in [0.15, 0.2) is 11.4 Å². The van der Waals surface area contributed by atoms with Crippen LogP contribution in [0, 0.1) is 12.7 Å². The van der Waals surface area contributed by atoms with Crippen LogP contribution in [-0.4, -0.2) is 15.7 Å². The van der Waals surface area contributed by atoms with Gasteiger partial charge in [0.05, 0.1) is 16.9 Å². The van der Waals surface area contributed by atoms with Crippen LogP contribution in [-0.2, 0) is 6.54 Å². The predicted molar refractivity (Wildman–Crippen MR) is 153 cm³/mol. The number of para-hydroxylation sites is 1. The number of carbonyl (C=O) groups excluding carboxylic acids is 1. The number of aryl methyl sites for hydroxylation is 1. The van der Waals surface area contributed by atoms with Gasteiger partial charge in [-0.05, 0) is 72.6 Å². The first-order valence-electron chi connectivity index (χ1n) is 12.4. The van der Waals surface area contributed by atoms with Crippen LogP contribution in [0.15, 0.2) is 108 Å². The molecule has 0 radical (unpaired) electrons. The van der Waals surface area contributed by atoms with Gasteiger partial charge in [0.2, 0.25) is 0 Å². The molecular weight excluding hydrogens is 531 g/mol. The Labute approximate surface area is 234 Å². The zero-order valence-electron chi connectivity index (χ0n) is 21.4. The topological polar surface area (TPSA) is 85.2 Å². The van der Waals surface area contributed by atoms with E-state index >= 15 is 0 Å². The smallest absolute Gasteiger partial charge is 0.299 e. The minimum Gasteiger partial charge on any atom is -0.453 e. The fourth-order valence-electron chi connectivity index (χ4n) is 4.00. The molecule has 0 fully saturated rings. The summed E-state index contributed by atoms with van der Waals surface area (Å²) in [4.78, 5) is 26.5. The molecule has 0 bridgehead atoms. The zero-order valence-corrected chi connectivity index (χ0v) is 22.2. The van der Waals surface area contributed by atoms with E-state index in [1.165, 1.54) is 23.0 Å². The van der Waals surface area contributed by atoms with Gasteiger partial charge in [0.25, 0.3) is 11.5 Å². The number of ether oxygens (including phenoxy) is 1. The molecule has 0 saturated carbocycles. The Morgan fingerprint density at radius 3 is 2.52 bits per heavy atom. The fourth-order valence-corrected chi connectivity index (χ4v) is 4.22.